The molecule has 0 fully saturated rings. The Labute approximate surface area is 318 Å². The van der Waals surface area contributed by atoms with Crippen molar-refractivity contribution in [2.24, 2.45) is 0 Å². The van der Waals surface area contributed by atoms with E-state index in [9.17, 15) is 0 Å². The highest BCUT2D eigenvalue weighted by Gasteiger charge is 2.19. The highest BCUT2D eigenvalue weighted by Crippen LogP contribution is 2.44. The predicted octanol–water partition coefficient (Wildman–Crippen LogP) is 13.7. The first kappa shape index (κ1) is 31.2. The predicted molar refractivity (Wildman–Crippen MR) is 231 cm³/mol. The molecule has 0 spiro atoms. The zero-order valence-corrected chi connectivity index (χ0v) is 29.9. The molecule has 11 rings (SSSR count). The van der Waals surface area contributed by atoms with Gasteiger partial charge in [0.15, 0.2) is 5.82 Å². The Balaban J connectivity index is 1.16. The zero-order valence-electron chi connectivity index (χ0n) is 29.9. The third-order valence-corrected chi connectivity index (χ3v) is 11.0. The van der Waals surface area contributed by atoms with Crippen LogP contribution in [0.4, 0.5) is 0 Å². The van der Waals surface area contributed by atoms with Crippen molar-refractivity contribution in [2.45, 2.75) is 0 Å². The standard InChI is InChI=1S/C52H33N3/c1-4-14-34(15-5-1)35-24-26-36(27-25-35)46-33-47(54-52(53-46)37-16-6-2-7-17-37)38-28-29-43-45(32-38)41-21-11-10-20-40(41)42-30-31-49-51(50(42)43)44-22-12-13-23-48(44)55(49)39-18-8-3-9-19-39/h1-33H. The van der Waals surface area contributed by atoms with Gasteiger partial charge in [-0.05, 0) is 74.5 Å². The molecule has 0 saturated heterocycles. The summed E-state index contributed by atoms with van der Waals surface area (Å²) >= 11 is 0. The molecule has 0 bridgehead atoms. The quantitative estimate of drug-likeness (QED) is 0.167. The lowest BCUT2D eigenvalue weighted by Crippen LogP contribution is -1.96. The third kappa shape index (κ3) is 5.13. The van der Waals surface area contributed by atoms with Gasteiger partial charge in [-0.15, -0.1) is 0 Å². The molecule has 0 aliphatic rings. The number of para-hydroxylation sites is 2. The average Bonchev–Trinajstić information content (AvgIpc) is 3.61. The summed E-state index contributed by atoms with van der Waals surface area (Å²) in [5.74, 6) is 0.708. The minimum Gasteiger partial charge on any atom is -0.309 e. The second kappa shape index (κ2) is 12.6. The van der Waals surface area contributed by atoms with Crippen molar-refractivity contribution >= 4 is 54.1 Å². The van der Waals surface area contributed by atoms with E-state index in [1.54, 1.807) is 0 Å². The fourth-order valence-electron chi connectivity index (χ4n) is 8.44. The van der Waals surface area contributed by atoms with E-state index in [2.05, 4.69) is 187 Å². The molecule has 0 saturated carbocycles. The summed E-state index contributed by atoms with van der Waals surface area (Å²) in [6.45, 7) is 0. The van der Waals surface area contributed by atoms with E-state index < -0.39 is 0 Å². The second-order valence-electron chi connectivity index (χ2n) is 14.1. The molecule has 2 heterocycles. The lowest BCUT2D eigenvalue weighted by molar-refractivity contribution is 1.18. The maximum Gasteiger partial charge on any atom is 0.160 e. The van der Waals surface area contributed by atoms with Gasteiger partial charge in [-0.3, -0.25) is 0 Å². The highest BCUT2D eigenvalue weighted by molar-refractivity contribution is 6.35. The zero-order chi connectivity index (χ0) is 36.3. The number of hydrogen-bond acceptors (Lipinski definition) is 2. The largest absolute Gasteiger partial charge is 0.309 e. The van der Waals surface area contributed by atoms with Gasteiger partial charge in [0, 0.05) is 38.5 Å². The summed E-state index contributed by atoms with van der Waals surface area (Å²) < 4.78 is 2.40. The van der Waals surface area contributed by atoms with Crippen LogP contribution in [-0.4, -0.2) is 14.5 Å². The normalized spacial score (nSPS) is 11.6. The van der Waals surface area contributed by atoms with E-state index in [1.807, 2.05) is 18.2 Å². The summed E-state index contributed by atoms with van der Waals surface area (Å²) in [6, 6.07) is 71.4. The van der Waals surface area contributed by atoms with Gasteiger partial charge >= 0.3 is 0 Å². The molecular formula is C52H33N3. The van der Waals surface area contributed by atoms with Crippen LogP contribution < -0.4 is 0 Å². The van der Waals surface area contributed by atoms with Gasteiger partial charge in [0.1, 0.15) is 0 Å². The Morgan fingerprint density at radius 2 is 0.800 bits per heavy atom. The van der Waals surface area contributed by atoms with Crippen LogP contribution in [0, 0.1) is 0 Å². The van der Waals surface area contributed by atoms with Crippen LogP contribution in [0.5, 0.6) is 0 Å². The first-order valence-corrected chi connectivity index (χ1v) is 18.7. The van der Waals surface area contributed by atoms with E-state index in [0.717, 1.165) is 33.8 Å². The number of nitrogens with zero attached hydrogens (tertiary/aromatic N) is 3. The van der Waals surface area contributed by atoms with Gasteiger partial charge in [0.2, 0.25) is 0 Å². The SMILES string of the molecule is c1ccc(-c2ccc(-c3cc(-c4ccc5c(c4)c4ccccc4c4ccc6c(c7ccccc7n6-c6ccccc6)c45)nc(-c4ccccc4)n3)cc2)cc1. The summed E-state index contributed by atoms with van der Waals surface area (Å²) in [5.41, 5.74) is 10.8. The van der Waals surface area contributed by atoms with Crippen LogP contribution in [0.3, 0.4) is 0 Å². The van der Waals surface area contributed by atoms with Gasteiger partial charge in [-0.1, -0.05) is 164 Å². The van der Waals surface area contributed by atoms with Gasteiger partial charge in [0.25, 0.3) is 0 Å². The van der Waals surface area contributed by atoms with E-state index in [0.29, 0.717) is 5.82 Å². The number of benzene rings is 9. The Hall–Kier alpha value is -7.36. The van der Waals surface area contributed by atoms with Crippen LogP contribution in [0.25, 0.3) is 105 Å². The van der Waals surface area contributed by atoms with Crippen molar-refractivity contribution in [1.29, 1.82) is 0 Å². The maximum absolute atomic E-state index is 5.23. The fourth-order valence-corrected chi connectivity index (χ4v) is 8.44. The monoisotopic (exact) mass is 699 g/mol. The van der Waals surface area contributed by atoms with Crippen LogP contribution in [0.1, 0.15) is 0 Å². The van der Waals surface area contributed by atoms with Gasteiger partial charge < -0.3 is 4.57 Å². The molecule has 3 nitrogen and oxygen atoms in total. The summed E-state index contributed by atoms with van der Waals surface area (Å²) in [5, 5.41) is 9.96. The average molecular weight is 700 g/mol. The number of hydrogen-bond donors (Lipinski definition) is 0. The maximum atomic E-state index is 5.23. The molecule has 0 atom stereocenters. The van der Waals surface area contributed by atoms with Gasteiger partial charge in [-0.2, -0.15) is 0 Å². The number of fused-ring (bicyclic) bond motifs is 10. The smallest absolute Gasteiger partial charge is 0.160 e. The molecule has 0 unspecified atom stereocenters. The van der Waals surface area contributed by atoms with Gasteiger partial charge in [0.05, 0.1) is 22.4 Å². The molecule has 256 valence electrons. The number of aromatic nitrogens is 3. The van der Waals surface area contributed by atoms with Crippen LogP contribution in [0.15, 0.2) is 200 Å². The summed E-state index contributed by atoms with van der Waals surface area (Å²) in [4.78, 5) is 10.4. The van der Waals surface area contributed by atoms with E-state index in [-0.39, 0.29) is 0 Å². The molecule has 0 aliphatic heterocycles. The summed E-state index contributed by atoms with van der Waals surface area (Å²) in [7, 11) is 0. The van der Waals surface area contributed by atoms with Crippen molar-refractivity contribution in [2.75, 3.05) is 0 Å². The highest BCUT2D eigenvalue weighted by atomic mass is 15.0. The van der Waals surface area contributed by atoms with Crippen molar-refractivity contribution in [3.63, 3.8) is 0 Å². The van der Waals surface area contributed by atoms with Crippen molar-refractivity contribution in [3.8, 4) is 50.7 Å². The Bertz CT molecular complexity index is 3220. The lowest BCUT2D eigenvalue weighted by atomic mass is 9.90. The Kier molecular flexibility index (Phi) is 7.17. The molecule has 0 radical (unpaired) electrons. The minimum atomic E-state index is 0.708. The third-order valence-electron chi connectivity index (χ3n) is 11.0. The molecule has 55 heavy (non-hydrogen) atoms. The first-order chi connectivity index (χ1) is 27.3. The van der Waals surface area contributed by atoms with E-state index >= 15 is 0 Å². The Morgan fingerprint density at radius 1 is 0.291 bits per heavy atom. The molecule has 11 aromatic rings. The molecular weight excluding hydrogens is 667 g/mol. The van der Waals surface area contributed by atoms with Crippen LogP contribution in [0.2, 0.25) is 0 Å². The first-order valence-electron chi connectivity index (χ1n) is 18.7. The second-order valence-corrected chi connectivity index (χ2v) is 14.1. The molecule has 0 amide bonds. The van der Waals surface area contributed by atoms with Crippen molar-refractivity contribution in [3.05, 3.63) is 200 Å². The summed E-state index contributed by atoms with van der Waals surface area (Å²) in [6.07, 6.45) is 0. The van der Waals surface area contributed by atoms with E-state index in [4.69, 9.17) is 9.97 Å². The van der Waals surface area contributed by atoms with Crippen molar-refractivity contribution < 1.29 is 0 Å². The molecule has 3 heteroatoms. The molecule has 0 aliphatic carbocycles. The minimum absolute atomic E-state index is 0.708. The van der Waals surface area contributed by atoms with Crippen molar-refractivity contribution in [1.82, 2.24) is 14.5 Å². The van der Waals surface area contributed by atoms with E-state index in [1.165, 1.54) is 65.3 Å². The number of rotatable bonds is 5. The van der Waals surface area contributed by atoms with Crippen LogP contribution in [-0.2, 0) is 0 Å². The van der Waals surface area contributed by atoms with Crippen LogP contribution >= 0.6 is 0 Å². The topological polar surface area (TPSA) is 30.7 Å². The molecule has 0 N–H and O–H groups in total. The molecule has 2 aromatic heterocycles. The Morgan fingerprint density at radius 3 is 1.53 bits per heavy atom. The van der Waals surface area contributed by atoms with Gasteiger partial charge in [-0.25, -0.2) is 9.97 Å². The fraction of sp³-hybridized carbons (Fsp3) is 0. The molecule has 9 aromatic carbocycles. The lowest BCUT2D eigenvalue weighted by Gasteiger charge is -2.14.